The molecule has 4 aromatic rings. The Morgan fingerprint density at radius 3 is 2.58 bits per heavy atom. The fraction of sp³-hybridized carbons (Fsp3) is 0.150. The van der Waals surface area contributed by atoms with Crippen molar-refractivity contribution < 1.29 is 4.79 Å². The van der Waals surface area contributed by atoms with Crippen molar-refractivity contribution in [2.75, 3.05) is 6.54 Å². The first-order valence-electron chi connectivity index (χ1n) is 8.26. The maximum absolute atomic E-state index is 13.2. The van der Waals surface area contributed by atoms with Crippen LogP contribution in [0.5, 0.6) is 0 Å². The molecule has 3 N–H and O–H groups in total. The number of aromatic nitrogens is 2. The lowest BCUT2D eigenvalue weighted by molar-refractivity contribution is 0.0939. The maximum atomic E-state index is 13.2. The van der Waals surface area contributed by atoms with E-state index in [0.717, 1.165) is 40.6 Å². The van der Waals surface area contributed by atoms with Gasteiger partial charge in [-0.1, -0.05) is 36.4 Å². The van der Waals surface area contributed by atoms with Gasteiger partial charge in [0.2, 0.25) is 0 Å². The number of ketones is 1. The molecule has 0 amide bonds. The summed E-state index contributed by atoms with van der Waals surface area (Å²) >= 11 is 0. The van der Waals surface area contributed by atoms with Crippen LogP contribution in [-0.2, 0) is 6.42 Å². The van der Waals surface area contributed by atoms with Gasteiger partial charge in [-0.15, -0.1) is 0 Å². The van der Waals surface area contributed by atoms with E-state index >= 15 is 0 Å². The number of hydrogen-bond donors (Lipinski definition) is 3. The van der Waals surface area contributed by atoms with Gasteiger partial charge in [0, 0.05) is 45.8 Å². The Morgan fingerprint density at radius 2 is 1.71 bits per heavy atom. The zero-order valence-electron chi connectivity index (χ0n) is 13.1. The first kappa shape index (κ1) is 13.6. The third kappa shape index (κ3) is 1.87. The van der Waals surface area contributed by atoms with Crippen molar-refractivity contribution >= 4 is 27.6 Å². The molecule has 4 heteroatoms. The topological polar surface area (TPSA) is 60.7 Å². The zero-order valence-corrected chi connectivity index (χ0v) is 13.1. The smallest absolute Gasteiger partial charge is 0.187 e. The van der Waals surface area contributed by atoms with Crippen LogP contribution in [0.3, 0.4) is 0 Å². The second-order valence-electron chi connectivity index (χ2n) is 6.31. The van der Waals surface area contributed by atoms with E-state index in [4.69, 9.17) is 0 Å². The number of rotatable bonds is 2. The van der Waals surface area contributed by atoms with Gasteiger partial charge in [0.25, 0.3) is 0 Å². The third-order valence-electron chi connectivity index (χ3n) is 4.98. The minimum absolute atomic E-state index is 0.111. The molecule has 4 nitrogen and oxygen atoms in total. The van der Waals surface area contributed by atoms with E-state index in [1.165, 1.54) is 10.9 Å². The molecule has 2 aromatic carbocycles. The Kier molecular flexibility index (Phi) is 2.87. The fourth-order valence-corrected chi connectivity index (χ4v) is 3.83. The number of nitrogens with one attached hydrogen (secondary N) is 3. The number of carbonyl (C=O) groups excluding carboxylic acids is 1. The molecule has 0 saturated carbocycles. The molecule has 5 rings (SSSR count). The summed E-state index contributed by atoms with van der Waals surface area (Å²) in [4.78, 5) is 19.9. The lowest BCUT2D eigenvalue weighted by Crippen LogP contribution is -2.35. The first-order valence-corrected chi connectivity index (χ1v) is 8.26. The molecule has 0 radical (unpaired) electrons. The largest absolute Gasteiger partial charge is 0.360 e. The van der Waals surface area contributed by atoms with Crippen LogP contribution in [0.2, 0.25) is 0 Å². The van der Waals surface area contributed by atoms with Crippen LogP contribution in [0.1, 0.15) is 27.7 Å². The first-order chi connectivity index (χ1) is 11.8. The predicted octanol–water partition coefficient (Wildman–Crippen LogP) is 3.72. The zero-order chi connectivity index (χ0) is 16.1. The quantitative estimate of drug-likeness (QED) is 0.494. The van der Waals surface area contributed by atoms with E-state index in [2.05, 4.69) is 33.5 Å². The molecule has 0 fully saturated rings. The molecular formula is C20H17N3O. The van der Waals surface area contributed by atoms with Gasteiger partial charge >= 0.3 is 0 Å². The van der Waals surface area contributed by atoms with Crippen molar-refractivity contribution in [1.29, 1.82) is 0 Å². The highest BCUT2D eigenvalue weighted by atomic mass is 16.1. The molecule has 0 aliphatic carbocycles. The van der Waals surface area contributed by atoms with Crippen molar-refractivity contribution in [3.05, 3.63) is 71.5 Å². The van der Waals surface area contributed by atoms with Crippen molar-refractivity contribution in [2.45, 2.75) is 12.5 Å². The standard InChI is InChI=1S/C20H17N3O/c24-20(15-11-22-16-7-3-1-6-13(15)16)19-18-14(9-10-21-19)12-5-2-4-8-17(12)23-18/h1-8,11,19,21-23H,9-10H2. The summed E-state index contributed by atoms with van der Waals surface area (Å²) in [5, 5.41) is 5.60. The van der Waals surface area contributed by atoms with E-state index in [-0.39, 0.29) is 11.8 Å². The monoisotopic (exact) mass is 315 g/mol. The van der Waals surface area contributed by atoms with E-state index in [9.17, 15) is 4.79 Å². The Balaban J connectivity index is 1.65. The average Bonchev–Trinajstić information content (AvgIpc) is 3.22. The maximum Gasteiger partial charge on any atom is 0.187 e. The minimum Gasteiger partial charge on any atom is -0.360 e. The van der Waals surface area contributed by atoms with Gasteiger partial charge in [0.15, 0.2) is 5.78 Å². The third-order valence-corrected chi connectivity index (χ3v) is 4.98. The molecule has 0 saturated heterocycles. The molecule has 24 heavy (non-hydrogen) atoms. The van der Waals surface area contributed by atoms with Crippen LogP contribution < -0.4 is 5.32 Å². The summed E-state index contributed by atoms with van der Waals surface area (Å²) in [6.45, 7) is 0.813. The molecule has 1 aliphatic rings. The van der Waals surface area contributed by atoms with Crippen LogP contribution in [0.25, 0.3) is 21.8 Å². The molecule has 0 spiro atoms. The second kappa shape index (κ2) is 5.08. The number of benzene rings is 2. The number of aromatic amines is 2. The van der Waals surface area contributed by atoms with Crippen molar-refractivity contribution in [1.82, 2.24) is 15.3 Å². The Hall–Kier alpha value is -2.85. The fourth-order valence-electron chi connectivity index (χ4n) is 3.83. The number of carbonyl (C=O) groups is 1. The highest BCUT2D eigenvalue weighted by molar-refractivity contribution is 6.11. The lowest BCUT2D eigenvalue weighted by atomic mass is 9.93. The van der Waals surface area contributed by atoms with Gasteiger partial charge < -0.3 is 15.3 Å². The van der Waals surface area contributed by atoms with Gasteiger partial charge in [-0.05, 0) is 24.1 Å². The molecule has 118 valence electrons. The van der Waals surface area contributed by atoms with Crippen LogP contribution in [0, 0.1) is 0 Å². The van der Waals surface area contributed by atoms with Crippen molar-refractivity contribution in [2.24, 2.45) is 0 Å². The summed E-state index contributed by atoms with van der Waals surface area (Å²) in [7, 11) is 0. The number of hydrogen-bond acceptors (Lipinski definition) is 2. The Morgan fingerprint density at radius 1 is 0.958 bits per heavy atom. The predicted molar refractivity (Wildman–Crippen MR) is 95.4 cm³/mol. The number of Topliss-reactive ketones (excluding diaryl/α,β-unsaturated/α-hetero) is 1. The molecule has 0 bridgehead atoms. The number of H-pyrrole nitrogens is 2. The average molecular weight is 315 g/mol. The van der Waals surface area contributed by atoms with Gasteiger partial charge in [-0.3, -0.25) is 4.79 Å². The molecule has 1 unspecified atom stereocenters. The van der Waals surface area contributed by atoms with Crippen molar-refractivity contribution in [3.8, 4) is 0 Å². The normalized spacial score (nSPS) is 17.2. The lowest BCUT2D eigenvalue weighted by Gasteiger charge is -2.23. The molecule has 2 aromatic heterocycles. The summed E-state index contributed by atoms with van der Waals surface area (Å²) in [5.74, 6) is 0.111. The summed E-state index contributed by atoms with van der Waals surface area (Å²) in [6, 6.07) is 15.9. The van der Waals surface area contributed by atoms with E-state index in [1.54, 1.807) is 0 Å². The Bertz CT molecular complexity index is 1070. The second-order valence-corrected chi connectivity index (χ2v) is 6.31. The summed E-state index contributed by atoms with van der Waals surface area (Å²) < 4.78 is 0. The van der Waals surface area contributed by atoms with Gasteiger partial charge in [0.1, 0.15) is 6.04 Å². The highest BCUT2D eigenvalue weighted by Gasteiger charge is 2.30. The Labute approximate surface area is 138 Å². The van der Waals surface area contributed by atoms with Crippen LogP contribution in [0.15, 0.2) is 54.7 Å². The SMILES string of the molecule is O=C(c1c[nH]c2ccccc12)C1NCCc2c1[nH]c1ccccc21. The van der Waals surface area contributed by atoms with E-state index in [0.29, 0.717) is 0 Å². The van der Waals surface area contributed by atoms with Crippen LogP contribution >= 0.6 is 0 Å². The minimum atomic E-state index is -0.319. The number of para-hydroxylation sites is 2. The van der Waals surface area contributed by atoms with E-state index < -0.39 is 0 Å². The number of fused-ring (bicyclic) bond motifs is 4. The molecule has 1 atom stereocenters. The van der Waals surface area contributed by atoms with Gasteiger partial charge in [-0.2, -0.15) is 0 Å². The van der Waals surface area contributed by atoms with Crippen molar-refractivity contribution in [3.63, 3.8) is 0 Å². The summed E-state index contributed by atoms with van der Waals surface area (Å²) in [5.41, 5.74) is 5.12. The highest BCUT2D eigenvalue weighted by Crippen LogP contribution is 2.32. The summed E-state index contributed by atoms with van der Waals surface area (Å²) in [6.07, 6.45) is 2.77. The molecule has 3 heterocycles. The molecular weight excluding hydrogens is 298 g/mol. The van der Waals surface area contributed by atoms with Gasteiger partial charge in [-0.25, -0.2) is 0 Å². The van der Waals surface area contributed by atoms with Crippen LogP contribution in [0.4, 0.5) is 0 Å². The molecule has 1 aliphatic heterocycles. The van der Waals surface area contributed by atoms with Crippen LogP contribution in [-0.4, -0.2) is 22.3 Å². The van der Waals surface area contributed by atoms with Gasteiger partial charge in [0.05, 0.1) is 0 Å². The van der Waals surface area contributed by atoms with E-state index in [1.807, 2.05) is 36.5 Å².